The predicted octanol–water partition coefficient (Wildman–Crippen LogP) is 3.97. The van der Waals surface area contributed by atoms with E-state index < -0.39 is 0 Å². The zero-order valence-electron chi connectivity index (χ0n) is 14.3. The van der Waals surface area contributed by atoms with Crippen molar-refractivity contribution in [1.82, 2.24) is 10.2 Å². The molecule has 0 bridgehead atoms. The Kier molecular flexibility index (Phi) is 5.46. The number of aryl methyl sites for hydroxylation is 2. The molecule has 1 amide bonds. The van der Waals surface area contributed by atoms with Gasteiger partial charge in [-0.15, -0.1) is 10.2 Å². The first-order chi connectivity index (χ1) is 10.8. The largest absolute Gasteiger partial charge is 0.416 e. The fourth-order valence-corrected chi connectivity index (χ4v) is 2.60. The number of nitrogens with one attached hydrogen (secondary N) is 1. The van der Waals surface area contributed by atoms with Gasteiger partial charge in [-0.3, -0.25) is 4.79 Å². The lowest BCUT2D eigenvalue weighted by Gasteiger charge is -2.24. The van der Waals surface area contributed by atoms with Crippen LogP contribution in [0.1, 0.15) is 44.2 Å². The Hall–Kier alpha value is -1.82. The van der Waals surface area contributed by atoms with Crippen LogP contribution in [0.15, 0.2) is 27.8 Å². The molecule has 1 heterocycles. The highest BCUT2D eigenvalue weighted by Crippen LogP contribution is 2.32. The molecule has 0 saturated heterocycles. The number of rotatable bonds is 5. The van der Waals surface area contributed by atoms with Gasteiger partial charge in [-0.2, -0.15) is 0 Å². The van der Waals surface area contributed by atoms with Gasteiger partial charge >= 0.3 is 0 Å². The Morgan fingerprint density at radius 2 is 2.04 bits per heavy atom. The van der Waals surface area contributed by atoms with Gasteiger partial charge in [-0.05, 0) is 29.7 Å². The fraction of sp³-hybridized carbons (Fsp3) is 0.471. The topological polar surface area (TPSA) is 68.0 Å². The van der Waals surface area contributed by atoms with E-state index in [1.807, 2.05) is 25.3 Å². The molecule has 1 aromatic carbocycles. The smallest absolute Gasteiger partial charge is 0.276 e. The summed E-state index contributed by atoms with van der Waals surface area (Å²) in [6, 6.07) is 6.09. The molecule has 0 spiro atoms. The number of aromatic nitrogens is 2. The lowest BCUT2D eigenvalue weighted by Crippen LogP contribution is -2.20. The SMILES string of the molecule is CSc1nnc(CCC(=O)Nc2c(C)cccc2C(C)(C)C)o1. The molecule has 0 aliphatic carbocycles. The van der Waals surface area contributed by atoms with Crippen LogP contribution in [-0.2, 0) is 16.6 Å². The molecule has 1 aromatic heterocycles. The van der Waals surface area contributed by atoms with Crippen molar-refractivity contribution >= 4 is 23.4 Å². The molecule has 0 unspecified atom stereocenters. The number of hydrogen-bond acceptors (Lipinski definition) is 5. The number of para-hydroxylation sites is 1. The first kappa shape index (κ1) is 17.5. The summed E-state index contributed by atoms with van der Waals surface area (Å²) in [6.07, 6.45) is 2.63. The van der Waals surface area contributed by atoms with Crippen molar-refractivity contribution in [1.29, 1.82) is 0 Å². The van der Waals surface area contributed by atoms with Crippen LogP contribution in [0.5, 0.6) is 0 Å². The summed E-state index contributed by atoms with van der Waals surface area (Å²) in [4.78, 5) is 12.3. The predicted molar refractivity (Wildman–Crippen MR) is 92.9 cm³/mol. The highest BCUT2D eigenvalue weighted by atomic mass is 32.2. The van der Waals surface area contributed by atoms with E-state index in [1.54, 1.807) is 0 Å². The minimum atomic E-state index is -0.0475. The molecule has 0 fully saturated rings. The number of anilines is 1. The van der Waals surface area contributed by atoms with Crippen LogP contribution in [0, 0.1) is 6.92 Å². The second kappa shape index (κ2) is 7.17. The van der Waals surface area contributed by atoms with Crippen LogP contribution in [0.4, 0.5) is 5.69 Å². The molecule has 2 aromatic rings. The van der Waals surface area contributed by atoms with Gasteiger partial charge in [0.2, 0.25) is 11.8 Å². The summed E-state index contributed by atoms with van der Waals surface area (Å²) in [5, 5.41) is 11.4. The number of carbonyl (C=O) groups excluding carboxylic acids is 1. The standard InChI is InChI=1S/C17H23N3O2S/c1-11-7-6-8-12(17(2,3)4)15(11)18-13(21)9-10-14-19-20-16(22-14)23-5/h6-8H,9-10H2,1-5H3,(H,18,21). The average molecular weight is 333 g/mol. The zero-order chi connectivity index (χ0) is 17.0. The third kappa shape index (κ3) is 4.58. The lowest BCUT2D eigenvalue weighted by atomic mass is 9.84. The van der Waals surface area contributed by atoms with Crippen molar-refractivity contribution in [3.63, 3.8) is 0 Å². The summed E-state index contributed by atoms with van der Waals surface area (Å²) < 4.78 is 5.40. The third-order valence-electron chi connectivity index (χ3n) is 3.53. The number of thioether (sulfide) groups is 1. The number of nitrogens with zero attached hydrogens (tertiary/aromatic N) is 2. The van der Waals surface area contributed by atoms with Crippen LogP contribution in [-0.4, -0.2) is 22.4 Å². The van der Waals surface area contributed by atoms with E-state index in [0.717, 1.165) is 16.8 Å². The van der Waals surface area contributed by atoms with E-state index in [-0.39, 0.29) is 11.3 Å². The van der Waals surface area contributed by atoms with Gasteiger partial charge in [0.05, 0.1) is 0 Å². The quantitative estimate of drug-likeness (QED) is 0.839. The van der Waals surface area contributed by atoms with Gasteiger partial charge in [0, 0.05) is 18.5 Å². The molecule has 0 aliphatic heterocycles. The number of hydrogen-bond donors (Lipinski definition) is 1. The molecule has 0 saturated carbocycles. The summed E-state index contributed by atoms with van der Waals surface area (Å²) in [5.41, 5.74) is 3.07. The van der Waals surface area contributed by atoms with Crippen LogP contribution in [0.25, 0.3) is 0 Å². The van der Waals surface area contributed by atoms with E-state index >= 15 is 0 Å². The van der Waals surface area contributed by atoms with E-state index in [9.17, 15) is 4.79 Å². The van der Waals surface area contributed by atoms with Gasteiger partial charge < -0.3 is 9.73 Å². The number of amides is 1. The highest BCUT2D eigenvalue weighted by Gasteiger charge is 2.20. The number of benzene rings is 1. The van der Waals surface area contributed by atoms with Crippen molar-refractivity contribution in [3.8, 4) is 0 Å². The average Bonchev–Trinajstić information content (AvgIpc) is 2.94. The maximum absolute atomic E-state index is 12.3. The summed E-state index contributed by atoms with van der Waals surface area (Å²) in [7, 11) is 0. The summed E-state index contributed by atoms with van der Waals surface area (Å²) >= 11 is 1.39. The molecule has 5 nitrogen and oxygen atoms in total. The van der Waals surface area contributed by atoms with Crippen LogP contribution < -0.4 is 5.32 Å². The van der Waals surface area contributed by atoms with E-state index in [1.165, 1.54) is 11.8 Å². The maximum atomic E-state index is 12.3. The molecule has 0 radical (unpaired) electrons. The highest BCUT2D eigenvalue weighted by molar-refractivity contribution is 7.98. The molecule has 23 heavy (non-hydrogen) atoms. The molecular formula is C17H23N3O2S. The van der Waals surface area contributed by atoms with Crippen molar-refractivity contribution in [2.75, 3.05) is 11.6 Å². The van der Waals surface area contributed by atoms with Crippen molar-refractivity contribution in [2.45, 2.75) is 51.2 Å². The van der Waals surface area contributed by atoms with Gasteiger partial charge in [0.15, 0.2) is 0 Å². The number of carbonyl (C=O) groups is 1. The summed E-state index contributed by atoms with van der Waals surface area (Å²) in [5.74, 6) is 0.444. The van der Waals surface area contributed by atoms with Gasteiger partial charge in [-0.25, -0.2) is 0 Å². The fourth-order valence-electron chi connectivity index (χ4n) is 2.30. The second-order valence-corrected chi connectivity index (χ2v) is 7.22. The second-order valence-electron chi connectivity index (χ2n) is 6.46. The van der Waals surface area contributed by atoms with Gasteiger partial charge in [0.25, 0.3) is 5.22 Å². The van der Waals surface area contributed by atoms with Gasteiger partial charge in [-0.1, -0.05) is 50.7 Å². The molecule has 1 N–H and O–H groups in total. The minimum absolute atomic E-state index is 0.0334. The lowest BCUT2D eigenvalue weighted by molar-refractivity contribution is -0.116. The zero-order valence-corrected chi connectivity index (χ0v) is 15.1. The Morgan fingerprint density at radius 3 is 2.65 bits per heavy atom. The molecule has 124 valence electrons. The first-order valence-electron chi connectivity index (χ1n) is 7.57. The third-order valence-corrected chi connectivity index (χ3v) is 4.05. The van der Waals surface area contributed by atoms with Crippen LogP contribution >= 0.6 is 11.8 Å². The van der Waals surface area contributed by atoms with Gasteiger partial charge in [0.1, 0.15) is 0 Å². The monoisotopic (exact) mass is 333 g/mol. The molecule has 2 rings (SSSR count). The molecule has 0 aliphatic rings. The van der Waals surface area contributed by atoms with E-state index in [4.69, 9.17) is 4.42 Å². The van der Waals surface area contributed by atoms with E-state index in [0.29, 0.717) is 24.0 Å². The van der Waals surface area contributed by atoms with Crippen LogP contribution in [0.2, 0.25) is 0 Å². The normalized spacial score (nSPS) is 11.5. The van der Waals surface area contributed by atoms with Crippen LogP contribution in [0.3, 0.4) is 0 Å². The first-order valence-corrected chi connectivity index (χ1v) is 8.80. The molecule has 6 heteroatoms. The Morgan fingerprint density at radius 1 is 1.30 bits per heavy atom. The van der Waals surface area contributed by atoms with Crippen molar-refractivity contribution < 1.29 is 9.21 Å². The van der Waals surface area contributed by atoms with Crippen molar-refractivity contribution in [3.05, 3.63) is 35.2 Å². The maximum Gasteiger partial charge on any atom is 0.276 e. The Bertz CT molecular complexity index is 689. The Labute approximate surface area is 141 Å². The van der Waals surface area contributed by atoms with E-state index in [2.05, 4.69) is 42.4 Å². The minimum Gasteiger partial charge on any atom is -0.416 e. The Balaban J connectivity index is 2.05. The molecular weight excluding hydrogens is 310 g/mol. The summed E-state index contributed by atoms with van der Waals surface area (Å²) in [6.45, 7) is 8.42. The molecule has 0 atom stereocenters. The van der Waals surface area contributed by atoms with Crippen molar-refractivity contribution in [2.24, 2.45) is 0 Å².